The van der Waals surface area contributed by atoms with Crippen LogP contribution in [0.5, 0.6) is 0 Å². The monoisotopic (exact) mass is 280 g/mol. The predicted molar refractivity (Wildman–Crippen MR) is 63.0 cm³/mol. The van der Waals surface area contributed by atoms with E-state index in [1.165, 1.54) is 0 Å². The van der Waals surface area contributed by atoms with Crippen molar-refractivity contribution in [1.82, 2.24) is 0 Å². The maximum Gasteiger partial charge on any atom is 0.0450 e. The lowest BCUT2D eigenvalue weighted by molar-refractivity contribution is 0.788. The Hall–Kier alpha value is 0.280. The standard InChI is InChI=1S/C10H11BrCl2/c1-2-3-9(11)8-6-7(12)4-5-10(8)13/h4-6,9H,2-3H2,1H3. The molecule has 0 saturated carbocycles. The molecular weight excluding hydrogens is 271 g/mol. The first-order chi connectivity index (χ1) is 6.15. The number of halogens is 3. The Morgan fingerprint density at radius 1 is 1.38 bits per heavy atom. The van der Waals surface area contributed by atoms with E-state index in [0.717, 1.165) is 28.5 Å². The summed E-state index contributed by atoms with van der Waals surface area (Å²) in [6, 6.07) is 5.56. The van der Waals surface area contributed by atoms with Crippen molar-refractivity contribution in [3.8, 4) is 0 Å². The van der Waals surface area contributed by atoms with Crippen molar-refractivity contribution in [2.45, 2.75) is 24.6 Å². The Balaban J connectivity index is 2.91. The summed E-state index contributed by atoms with van der Waals surface area (Å²) in [7, 11) is 0. The van der Waals surface area contributed by atoms with E-state index in [1.807, 2.05) is 12.1 Å². The summed E-state index contributed by atoms with van der Waals surface area (Å²) < 4.78 is 0. The molecule has 0 fully saturated rings. The van der Waals surface area contributed by atoms with Gasteiger partial charge >= 0.3 is 0 Å². The molecule has 0 aliphatic heterocycles. The van der Waals surface area contributed by atoms with Gasteiger partial charge in [0.2, 0.25) is 0 Å². The summed E-state index contributed by atoms with van der Waals surface area (Å²) in [6.45, 7) is 2.15. The second-order valence-electron chi connectivity index (χ2n) is 2.92. The van der Waals surface area contributed by atoms with Gasteiger partial charge in [0.05, 0.1) is 0 Å². The van der Waals surface area contributed by atoms with Crippen molar-refractivity contribution in [2.24, 2.45) is 0 Å². The molecule has 72 valence electrons. The van der Waals surface area contributed by atoms with Crippen molar-refractivity contribution in [3.63, 3.8) is 0 Å². The van der Waals surface area contributed by atoms with Crippen LogP contribution in [0.2, 0.25) is 10.0 Å². The van der Waals surface area contributed by atoms with Crippen LogP contribution in [-0.2, 0) is 0 Å². The molecule has 1 rings (SSSR count). The highest BCUT2D eigenvalue weighted by atomic mass is 79.9. The lowest BCUT2D eigenvalue weighted by Crippen LogP contribution is -1.90. The lowest BCUT2D eigenvalue weighted by atomic mass is 10.1. The molecular formula is C10H11BrCl2. The van der Waals surface area contributed by atoms with Crippen LogP contribution in [0.4, 0.5) is 0 Å². The number of hydrogen-bond donors (Lipinski definition) is 0. The SMILES string of the molecule is CCCC(Br)c1cc(Cl)ccc1Cl. The molecule has 0 N–H and O–H groups in total. The molecule has 13 heavy (non-hydrogen) atoms. The summed E-state index contributed by atoms with van der Waals surface area (Å²) in [6.07, 6.45) is 2.19. The zero-order chi connectivity index (χ0) is 9.84. The Kier molecular flexibility index (Phi) is 4.57. The molecule has 0 amide bonds. The van der Waals surface area contributed by atoms with E-state index in [4.69, 9.17) is 23.2 Å². The van der Waals surface area contributed by atoms with Gasteiger partial charge in [-0.05, 0) is 30.2 Å². The third kappa shape index (κ3) is 3.16. The molecule has 1 unspecified atom stereocenters. The highest BCUT2D eigenvalue weighted by Crippen LogP contribution is 2.34. The average molecular weight is 282 g/mol. The number of hydrogen-bond acceptors (Lipinski definition) is 0. The third-order valence-electron chi connectivity index (χ3n) is 1.84. The normalized spacial score (nSPS) is 12.9. The predicted octanol–water partition coefficient (Wildman–Crippen LogP) is 5.23. The Bertz CT molecular complexity index is 286. The van der Waals surface area contributed by atoms with Crippen LogP contribution in [0, 0.1) is 0 Å². The Labute approximate surface area is 97.4 Å². The van der Waals surface area contributed by atoms with E-state index in [0.29, 0.717) is 4.83 Å². The molecule has 0 aliphatic rings. The molecule has 0 radical (unpaired) electrons. The smallest absolute Gasteiger partial charge is 0.0450 e. The van der Waals surface area contributed by atoms with Gasteiger partial charge in [-0.1, -0.05) is 52.5 Å². The summed E-state index contributed by atoms with van der Waals surface area (Å²) in [5.41, 5.74) is 1.08. The van der Waals surface area contributed by atoms with E-state index >= 15 is 0 Å². The van der Waals surface area contributed by atoms with Gasteiger partial charge in [-0.3, -0.25) is 0 Å². The fourth-order valence-electron chi connectivity index (χ4n) is 1.16. The molecule has 3 heteroatoms. The van der Waals surface area contributed by atoms with E-state index < -0.39 is 0 Å². The molecule has 0 saturated heterocycles. The fraction of sp³-hybridized carbons (Fsp3) is 0.400. The number of rotatable bonds is 3. The topological polar surface area (TPSA) is 0 Å². The zero-order valence-corrected chi connectivity index (χ0v) is 10.5. The van der Waals surface area contributed by atoms with Crippen molar-refractivity contribution in [1.29, 1.82) is 0 Å². The summed E-state index contributed by atoms with van der Waals surface area (Å²) in [5.74, 6) is 0. The van der Waals surface area contributed by atoms with Crippen LogP contribution in [-0.4, -0.2) is 0 Å². The van der Waals surface area contributed by atoms with Crippen LogP contribution >= 0.6 is 39.1 Å². The van der Waals surface area contributed by atoms with Crippen LogP contribution in [0.15, 0.2) is 18.2 Å². The summed E-state index contributed by atoms with van der Waals surface area (Å²) >= 11 is 15.5. The van der Waals surface area contributed by atoms with Crippen LogP contribution in [0.25, 0.3) is 0 Å². The fourth-order valence-corrected chi connectivity index (χ4v) is 2.56. The molecule has 1 aromatic carbocycles. The van der Waals surface area contributed by atoms with E-state index in [-0.39, 0.29) is 0 Å². The van der Waals surface area contributed by atoms with Crippen LogP contribution in [0.3, 0.4) is 0 Å². The first-order valence-corrected chi connectivity index (χ1v) is 5.91. The molecule has 0 nitrogen and oxygen atoms in total. The van der Waals surface area contributed by atoms with E-state index in [2.05, 4.69) is 22.9 Å². The highest BCUT2D eigenvalue weighted by molar-refractivity contribution is 9.09. The third-order valence-corrected chi connectivity index (χ3v) is 3.37. The van der Waals surface area contributed by atoms with Gasteiger partial charge in [0, 0.05) is 14.9 Å². The maximum atomic E-state index is 6.04. The van der Waals surface area contributed by atoms with Gasteiger partial charge in [0.1, 0.15) is 0 Å². The van der Waals surface area contributed by atoms with Crippen LogP contribution in [0.1, 0.15) is 30.2 Å². The minimum atomic E-state index is 0.309. The molecule has 0 spiro atoms. The van der Waals surface area contributed by atoms with Crippen molar-refractivity contribution >= 4 is 39.1 Å². The van der Waals surface area contributed by atoms with Gasteiger partial charge in [-0.2, -0.15) is 0 Å². The molecule has 0 bridgehead atoms. The maximum absolute atomic E-state index is 6.04. The zero-order valence-electron chi connectivity index (χ0n) is 7.36. The first kappa shape index (κ1) is 11.4. The quantitative estimate of drug-likeness (QED) is 0.666. The lowest BCUT2D eigenvalue weighted by Gasteiger charge is -2.10. The van der Waals surface area contributed by atoms with Gasteiger partial charge in [-0.25, -0.2) is 0 Å². The Morgan fingerprint density at radius 3 is 2.69 bits per heavy atom. The van der Waals surface area contributed by atoms with E-state index in [9.17, 15) is 0 Å². The molecule has 1 atom stereocenters. The molecule has 0 aromatic heterocycles. The van der Waals surface area contributed by atoms with Crippen molar-refractivity contribution in [2.75, 3.05) is 0 Å². The number of benzene rings is 1. The van der Waals surface area contributed by atoms with E-state index in [1.54, 1.807) is 6.07 Å². The van der Waals surface area contributed by atoms with Gasteiger partial charge < -0.3 is 0 Å². The second-order valence-corrected chi connectivity index (χ2v) is 4.87. The van der Waals surface area contributed by atoms with Gasteiger partial charge in [-0.15, -0.1) is 0 Å². The van der Waals surface area contributed by atoms with Crippen molar-refractivity contribution < 1.29 is 0 Å². The second kappa shape index (κ2) is 5.23. The van der Waals surface area contributed by atoms with Gasteiger partial charge in [0.15, 0.2) is 0 Å². The Morgan fingerprint density at radius 2 is 2.08 bits per heavy atom. The van der Waals surface area contributed by atoms with Gasteiger partial charge in [0.25, 0.3) is 0 Å². The summed E-state index contributed by atoms with van der Waals surface area (Å²) in [4.78, 5) is 0.309. The number of alkyl halides is 1. The minimum Gasteiger partial charge on any atom is -0.0843 e. The first-order valence-electron chi connectivity index (χ1n) is 4.24. The highest BCUT2D eigenvalue weighted by Gasteiger charge is 2.10. The summed E-state index contributed by atoms with van der Waals surface area (Å²) in [5, 5.41) is 1.51. The molecule has 1 aromatic rings. The largest absolute Gasteiger partial charge is 0.0843 e. The molecule has 0 aliphatic carbocycles. The van der Waals surface area contributed by atoms with Crippen LogP contribution < -0.4 is 0 Å². The minimum absolute atomic E-state index is 0.309. The van der Waals surface area contributed by atoms with Crippen molar-refractivity contribution in [3.05, 3.63) is 33.8 Å². The average Bonchev–Trinajstić information content (AvgIpc) is 2.09. The molecule has 0 heterocycles.